The molecule has 0 aliphatic carbocycles. The van der Waals surface area contributed by atoms with Crippen molar-refractivity contribution in [2.24, 2.45) is 0 Å². The van der Waals surface area contributed by atoms with Crippen LogP contribution in [0.2, 0.25) is 0 Å². The molecule has 1 N–H and O–H groups in total. The van der Waals surface area contributed by atoms with Gasteiger partial charge in [-0.05, 0) is 33.3 Å². The number of aryl methyl sites for hydroxylation is 1. The first-order valence-corrected chi connectivity index (χ1v) is 10.8. The third-order valence-corrected chi connectivity index (χ3v) is 4.16. The van der Waals surface area contributed by atoms with Crippen molar-refractivity contribution in [2.45, 2.75) is 39.8 Å². The van der Waals surface area contributed by atoms with E-state index in [1.54, 1.807) is 7.05 Å². The molecule has 1 unspecified atom stereocenters. The molecule has 0 aliphatic heterocycles. The number of nitrogens with zero attached hydrogens (tertiary/aromatic N) is 1. The molecule has 1 rings (SSSR count). The molecule has 0 saturated heterocycles. The lowest BCUT2D eigenvalue weighted by Gasteiger charge is -2.25. The summed E-state index contributed by atoms with van der Waals surface area (Å²) in [4.78, 5) is 13.7. The van der Waals surface area contributed by atoms with Crippen molar-refractivity contribution in [3.8, 4) is 5.75 Å². The van der Waals surface area contributed by atoms with Gasteiger partial charge in [0.25, 0.3) is 0 Å². The molecule has 1 atom stereocenters. The third-order valence-electron chi connectivity index (χ3n) is 3.72. The van der Waals surface area contributed by atoms with Crippen molar-refractivity contribution in [3.63, 3.8) is 0 Å². The minimum atomic E-state index is -2.27. The maximum absolute atomic E-state index is 12.2. The number of nitrogens with one attached hydrogen (secondary N) is 1. The van der Waals surface area contributed by atoms with Gasteiger partial charge in [0.15, 0.2) is 0 Å². The largest absolute Gasteiger partial charge is 0.760 e. The minimum Gasteiger partial charge on any atom is -0.760 e. The van der Waals surface area contributed by atoms with Gasteiger partial charge < -0.3 is 28.4 Å². The van der Waals surface area contributed by atoms with Crippen LogP contribution in [-0.4, -0.2) is 72.0 Å². The lowest BCUT2D eigenvalue weighted by atomic mass is 10.1. The topological polar surface area (TPSA) is 109 Å². The average Bonchev–Trinajstić information content (AvgIpc) is 2.63. The Morgan fingerprint density at radius 2 is 1.77 bits per heavy atom. The highest BCUT2D eigenvalue weighted by Gasteiger charge is 2.20. The number of hydrogen-bond donors (Lipinski definition) is 1. The molecule has 1 aromatic carbocycles. The molecule has 0 radical (unpaired) electrons. The molecule has 0 saturated carbocycles. The number of benzene rings is 1. The number of para-hydroxylation sites is 1. The SMILES string of the molecule is Cc1cccc(CN(C)C(=O)OC(C)(C)C)c1OCCOCCOCCNS(=O)[O-]. The predicted octanol–water partition coefficient (Wildman–Crippen LogP) is 2.16. The van der Waals surface area contributed by atoms with Gasteiger partial charge in [-0.15, -0.1) is 0 Å². The van der Waals surface area contributed by atoms with Gasteiger partial charge in [0.2, 0.25) is 0 Å². The molecule has 9 nitrogen and oxygen atoms in total. The highest BCUT2D eigenvalue weighted by molar-refractivity contribution is 7.77. The Labute approximate surface area is 181 Å². The maximum atomic E-state index is 12.2. The van der Waals surface area contributed by atoms with Crippen LogP contribution in [0.3, 0.4) is 0 Å². The molecule has 0 heterocycles. The quantitative estimate of drug-likeness (QED) is 0.366. The van der Waals surface area contributed by atoms with Crippen LogP contribution in [0.4, 0.5) is 4.79 Å². The van der Waals surface area contributed by atoms with E-state index in [0.717, 1.165) is 16.9 Å². The lowest BCUT2D eigenvalue weighted by Crippen LogP contribution is -2.34. The van der Waals surface area contributed by atoms with E-state index in [1.807, 2.05) is 45.9 Å². The summed E-state index contributed by atoms with van der Waals surface area (Å²) in [5.74, 6) is 0.726. The van der Waals surface area contributed by atoms with E-state index in [4.69, 9.17) is 18.9 Å². The highest BCUT2D eigenvalue weighted by atomic mass is 32.2. The maximum Gasteiger partial charge on any atom is 0.410 e. The van der Waals surface area contributed by atoms with Gasteiger partial charge in [-0.25, -0.2) is 9.52 Å². The Balaban J connectivity index is 2.39. The number of hydrogen-bond acceptors (Lipinski definition) is 7. The van der Waals surface area contributed by atoms with Gasteiger partial charge in [0.1, 0.15) is 18.0 Å². The zero-order valence-electron chi connectivity index (χ0n) is 18.4. The van der Waals surface area contributed by atoms with Crippen molar-refractivity contribution in [3.05, 3.63) is 29.3 Å². The van der Waals surface area contributed by atoms with E-state index < -0.39 is 23.0 Å². The molecule has 30 heavy (non-hydrogen) atoms. The summed E-state index contributed by atoms with van der Waals surface area (Å²) in [6, 6.07) is 5.79. The molecule has 0 fully saturated rings. The van der Waals surface area contributed by atoms with Crippen LogP contribution in [0.25, 0.3) is 0 Å². The first kappa shape index (κ1) is 26.3. The number of carbonyl (C=O) groups is 1. The molecular formula is C20H33N2O7S-. The van der Waals surface area contributed by atoms with E-state index in [9.17, 15) is 13.6 Å². The molecule has 172 valence electrons. The fourth-order valence-electron chi connectivity index (χ4n) is 2.43. The van der Waals surface area contributed by atoms with Crippen LogP contribution in [0, 0.1) is 6.92 Å². The second-order valence-corrected chi connectivity index (χ2v) is 8.36. The summed E-state index contributed by atoms with van der Waals surface area (Å²) in [7, 11) is 1.69. The predicted molar refractivity (Wildman–Crippen MR) is 113 cm³/mol. The minimum absolute atomic E-state index is 0.229. The third kappa shape index (κ3) is 11.5. The Kier molecular flexibility index (Phi) is 11.9. The summed E-state index contributed by atoms with van der Waals surface area (Å²) in [6.07, 6.45) is -0.394. The molecule has 0 spiro atoms. The summed E-state index contributed by atoms with van der Waals surface area (Å²) in [5.41, 5.74) is 1.30. The van der Waals surface area contributed by atoms with Crippen LogP contribution in [0.5, 0.6) is 5.75 Å². The zero-order chi connectivity index (χ0) is 22.6. The summed E-state index contributed by atoms with van der Waals surface area (Å²) in [5, 5.41) is 0. The Morgan fingerprint density at radius 1 is 1.13 bits per heavy atom. The number of carbonyl (C=O) groups excluding carboxylic acids is 1. The fraction of sp³-hybridized carbons (Fsp3) is 0.650. The molecule has 0 bridgehead atoms. The summed E-state index contributed by atoms with van der Waals surface area (Å²) < 4.78 is 44.8. The van der Waals surface area contributed by atoms with Crippen molar-refractivity contribution >= 4 is 17.4 Å². The zero-order valence-corrected chi connectivity index (χ0v) is 19.2. The number of ether oxygens (including phenoxy) is 4. The standard InChI is InChI=1S/C20H34N2O7S/c1-16-7-6-8-17(15-22(5)19(23)29-20(2,3)4)18(16)28-14-13-27-12-11-26-10-9-21-30(24)25/h6-8,21H,9-15H2,1-5H3,(H,24,25)/p-1. The smallest absolute Gasteiger partial charge is 0.410 e. The number of amides is 1. The van der Waals surface area contributed by atoms with Gasteiger partial charge in [-0.1, -0.05) is 18.2 Å². The van der Waals surface area contributed by atoms with Crippen molar-refractivity contribution in [1.82, 2.24) is 9.62 Å². The van der Waals surface area contributed by atoms with Crippen molar-refractivity contribution in [2.75, 3.05) is 46.6 Å². The monoisotopic (exact) mass is 445 g/mol. The summed E-state index contributed by atoms with van der Waals surface area (Å²) in [6.45, 7) is 9.79. The van der Waals surface area contributed by atoms with Crippen LogP contribution in [0.1, 0.15) is 31.9 Å². The second kappa shape index (κ2) is 13.6. The molecule has 0 aliphatic rings. The highest BCUT2D eigenvalue weighted by Crippen LogP contribution is 2.25. The van der Waals surface area contributed by atoms with Crippen LogP contribution in [0.15, 0.2) is 18.2 Å². The Hall–Kier alpha value is -1.72. The lowest BCUT2D eigenvalue weighted by molar-refractivity contribution is 0.0281. The number of rotatable bonds is 13. The first-order chi connectivity index (χ1) is 14.1. The van der Waals surface area contributed by atoms with Crippen LogP contribution < -0.4 is 9.46 Å². The molecule has 1 amide bonds. The average molecular weight is 446 g/mol. The molecule has 10 heteroatoms. The van der Waals surface area contributed by atoms with Gasteiger partial charge in [0.05, 0.1) is 33.0 Å². The van der Waals surface area contributed by atoms with Gasteiger partial charge in [-0.2, -0.15) is 0 Å². The van der Waals surface area contributed by atoms with E-state index in [-0.39, 0.29) is 13.2 Å². The molecule has 1 aromatic rings. The Bertz CT molecular complexity index is 680. The molecular weight excluding hydrogens is 412 g/mol. The van der Waals surface area contributed by atoms with Crippen molar-refractivity contribution < 1.29 is 32.5 Å². The van der Waals surface area contributed by atoms with Gasteiger partial charge in [0, 0.05) is 30.4 Å². The Morgan fingerprint density at radius 3 is 2.40 bits per heavy atom. The van der Waals surface area contributed by atoms with Gasteiger partial charge in [-0.3, -0.25) is 4.21 Å². The second-order valence-electron chi connectivity index (χ2n) is 7.60. The van der Waals surface area contributed by atoms with E-state index >= 15 is 0 Å². The molecule has 0 aromatic heterocycles. The van der Waals surface area contributed by atoms with E-state index in [1.165, 1.54) is 4.90 Å². The first-order valence-electron chi connectivity index (χ1n) is 9.74. The van der Waals surface area contributed by atoms with Gasteiger partial charge >= 0.3 is 6.09 Å². The van der Waals surface area contributed by atoms with E-state index in [2.05, 4.69) is 4.72 Å². The normalized spacial score (nSPS) is 12.5. The summed E-state index contributed by atoms with van der Waals surface area (Å²) >= 11 is -2.27. The van der Waals surface area contributed by atoms with E-state index in [0.29, 0.717) is 33.0 Å². The van der Waals surface area contributed by atoms with Crippen LogP contribution in [-0.2, 0) is 32.0 Å². The van der Waals surface area contributed by atoms with Crippen LogP contribution >= 0.6 is 0 Å². The van der Waals surface area contributed by atoms with Crippen molar-refractivity contribution in [1.29, 1.82) is 0 Å². The fourth-order valence-corrected chi connectivity index (χ4v) is 2.68.